The zero-order valence-corrected chi connectivity index (χ0v) is 10.9. The van der Waals surface area contributed by atoms with Gasteiger partial charge in [0.2, 0.25) is 0 Å². The number of aliphatic hydroxyl groups is 1. The van der Waals surface area contributed by atoms with Crippen LogP contribution >= 0.6 is 0 Å². The first-order chi connectivity index (χ1) is 9.19. The van der Waals surface area contributed by atoms with Gasteiger partial charge >= 0.3 is 0 Å². The van der Waals surface area contributed by atoms with Crippen molar-refractivity contribution in [3.63, 3.8) is 0 Å². The second-order valence-corrected chi connectivity index (χ2v) is 4.53. The van der Waals surface area contributed by atoms with Crippen molar-refractivity contribution in [3.8, 4) is 0 Å². The SMILES string of the molecule is Cc1cccc(C(=O)NCc2ccc(CO)cc2)c1. The van der Waals surface area contributed by atoms with Gasteiger partial charge in [-0.05, 0) is 30.2 Å². The maximum absolute atomic E-state index is 11.9. The lowest BCUT2D eigenvalue weighted by Gasteiger charge is -2.06. The minimum atomic E-state index is -0.0741. The molecule has 0 fully saturated rings. The van der Waals surface area contributed by atoms with Crippen LogP contribution in [0.2, 0.25) is 0 Å². The van der Waals surface area contributed by atoms with Gasteiger partial charge in [0.15, 0.2) is 0 Å². The summed E-state index contributed by atoms with van der Waals surface area (Å²) in [6.07, 6.45) is 0. The fourth-order valence-corrected chi connectivity index (χ4v) is 1.83. The van der Waals surface area contributed by atoms with Crippen LogP contribution in [0.15, 0.2) is 48.5 Å². The summed E-state index contributed by atoms with van der Waals surface area (Å²) in [5.41, 5.74) is 3.62. The van der Waals surface area contributed by atoms with Gasteiger partial charge in [-0.2, -0.15) is 0 Å². The van der Waals surface area contributed by atoms with Crippen LogP contribution in [-0.2, 0) is 13.2 Å². The van der Waals surface area contributed by atoms with E-state index < -0.39 is 0 Å². The molecule has 0 atom stereocenters. The van der Waals surface area contributed by atoms with Crippen LogP contribution in [0.3, 0.4) is 0 Å². The summed E-state index contributed by atoms with van der Waals surface area (Å²) in [7, 11) is 0. The minimum Gasteiger partial charge on any atom is -0.392 e. The number of aliphatic hydroxyl groups excluding tert-OH is 1. The monoisotopic (exact) mass is 255 g/mol. The minimum absolute atomic E-state index is 0.0376. The molecular weight excluding hydrogens is 238 g/mol. The molecule has 0 radical (unpaired) electrons. The third-order valence-corrected chi connectivity index (χ3v) is 2.94. The zero-order valence-electron chi connectivity index (χ0n) is 10.9. The quantitative estimate of drug-likeness (QED) is 0.881. The van der Waals surface area contributed by atoms with Crippen LogP contribution in [0, 0.1) is 6.92 Å². The van der Waals surface area contributed by atoms with Crippen LogP contribution in [0.5, 0.6) is 0 Å². The number of carbonyl (C=O) groups is 1. The van der Waals surface area contributed by atoms with E-state index in [-0.39, 0.29) is 12.5 Å². The third-order valence-electron chi connectivity index (χ3n) is 2.94. The number of hydrogen-bond donors (Lipinski definition) is 2. The number of aryl methyl sites for hydroxylation is 1. The summed E-state index contributed by atoms with van der Waals surface area (Å²) >= 11 is 0. The molecule has 98 valence electrons. The smallest absolute Gasteiger partial charge is 0.251 e. The first-order valence-electron chi connectivity index (χ1n) is 6.22. The molecule has 1 amide bonds. The van der Waals surface area contributed by atoms with E-state index in [9.17, 15) is 4.79 Å². The van der Waals surface area contributed by atoms with E-state index in [0.29, 0.717) is 12.1 Å². The molecule has 0 spiro atoms. The van der Waals surface area contributed by atoms with Crippen LogP contribution in [0.25, 0.3) is 0 Å². The standard InChI is InChI=1S/C16H17NO2/c1-12-3-2-4-15(9-12)16(19)17-10-13-5-7-14(11-18)8-6-13/h2-9,18H,10-11H2,1H3,(H,17,19). The lowest BCUT2D eigenvalue weighted by molar-refractivity contribution is 0.0951. The van der Waals surface area contributed by atoms with Gasteiger partial charge in [0.05, 0.1) is 6.61 Å². The molecule has 0 saturated heterocycles. The average Bonchev–Trinajstić information content (AvgIpc) is 2.45. The number of hydrogen-bond acceptors (Lipinski definition) is 2. The van der Waals surface area contributed by atoms with Crippen molar-refractivity contribution in [1.82, 2.24) is 5.32 Å². The Bertz CT molecular complexity index is 561. The Morgan fingerprint density at radius 2 is 1.79 bits per heavy atom. The van der Waals surface area contributed by atoms with Crippen molar-refractivity contribution >= 4 is 5.91 Å². The van der Waals surface area contributed by atoms with E-state index in [1.54, 1.807) is 6.07 Å². The second-order valence-electron chi connectivity index (χ2n) is 4.53. The van der Waals surface area contributed by atoms with Crippen molar-refractivity contribution < 1.29 is 9.90 Å². The molecule has 2 aromatic carbocycles. The molecule has 0 aliphatic rings. The molecule has 3 heteroatoms. The summed E-state index contributed by atoms with van der Waals surface area (Å²) in [6, 6.07) is 15.0. The van der Waals surface area contributed by atoms with Crippen LogP contribution < -0.4 is 5.32 Å². The van der Waals surface area contributed by atoms with Crippen molar-refractivity contribution in [2.24, 2.45) is 0 Å². The summed E-state index contributed by atoms with van der Waals surface area (Å²) in [5, 5.41) is 11.8. The summed E-state index contributed by atoms with van der Waals surface area (Å²) in [4.78, 5) is 11.9. The van der Waals surface area contributed by atoms with Gasteiger partial charge in [-0.25, -0.2) is 0 Å². The lowest BCUT2D eigenvalue weighted by atomic mass is 10.1. The van der Waals surface area contributed by atoms with Gasteiger partial charge in [-0.3, -0.25) is 4.79 Å². The highest BCUT2D eigenvalue weighted by Gasteiger charge is 2.04. The number of carbonyl (C=O) groups excluding carboxylic acids is 1. The first kappa shape index (κ1) is 13.3. The number of benzene rings is 2. The van der Waals surface area contributed by atoms with Gasteiger partial charge in [-0.15, -0.1) is 0 Å². The van der Waals surface area contributed by atoms with E-state index in [0.717, 1.165) is 16.7 Å². The summed E-state index contributed by atoms with van der Waals surface area (Å²) in [6.45, 7) is 2.48. The molecule has 0 aliphatic heterocycles. The fraction of sp³-hybridized carbons (Fsp3) is 0.188. The highest BCUT2D eigenvalue weighted by Crippen LogP contribution is 2.06. The highest BCUT2D eigenvalue weighted by atomic mass is 16.3. The van der Waals surface area contributed by atoms with Gasteiger partial charge < -0.3 is 10.4 Å². The van der Waals surface area contributed by atoms with E-state index in [4.69, 9.17) is 5.11 Å². The van der Waals surface area contributed by atoms with Gasteiger partial charge in [-0.1, -0.05) is 42.0 Å². The van der Waals surface area contributed by atoms with Crippen LogP contribution in [-0.4, -0.2) is 11.0 Å². The molecule has 0 aromatic heterocycles. The second kappa shape index (κ2) is 6.16. The zero-order chi connectivity index (χ0) is 13.7. The molecule has 2 rings (SSSR count). The van der Waals surface area contributed by atoms with Gasteiger partial charge in [0, 0.05) is 12.1 Å². The lowest BCUT2D eigenvalue weighted by Crippen LogP contribution is -2.22. The maximum atomic E-state index is 11.9. The predicted molar refractivity (Wildman–Crippen MR) is 74.7 cm³/mol. The van der Waals surface area contributed by atoms with Crippen LogP contribution in [0.4, 0.5) is 0 Å². The molecule has 2 N–H and O–H groups in total. The van der Waals surface area contributed by atoms with Crippen LogP contribution in [0.1, 0.15) is 27.0 Å². The van der Waals surface area contributed by atoms with Crippen molar-refractivity contribution in [2.45, 2.75) is 20.1 Å². The van der Waals surface area contributed by atoms with E-state index in [1.165, 1.54) is 0 Å². The van der Waals surface area contributed by atoms with E-state index in [2.05, 4.69) is 5.32 Å². The van der Waals surface area contributed by atoms with Crippen molar-refractivity contribution in [3.05, 3.63) is 70.8 Å². The first-order valence-corrected chi connectivity index (χ1v) is 6.22. The Kier molecular flexibility index (Phi) is 4.31. The normalized spacial score (nSPS) is 10.2. The average molecular weight is 255 g/mol. The van der Waals surface area contributed by atoms with Crippen molar-refractivity contribution in [1.29, 1.82) is 0 Å². The predicted octanol–water partition coefficient (Wildman–Crippen LogP) is 2.42. The Morgan fingerprint density at radius 3 is 2.42 bits per heavy atom. The Morgan fingerprint density at radius 1 is 1.11 bits per heavy atom. The van der Waals surface area contributed by atoms with E-state index >= 15 is 0 Å². The summed E-state index contributed by atoms with van der Waals surface area (Å²) < 4.78 is 0. The Labute approximate surface area is 112 Å². The van der Waals surface area contributed by atoms with Crippen molar-refractivity contribution in [2.75, 3.05) is 0 Å². The summed E-state index contributed by atoms with van der Waals surface area (Å²) in [5.74, 6) is -0.0741. The molecule has 0 saturated carbocycles. The molecule has 19 heavy (non-hydrogen) atoms. The molecule has 0 aliphatic carbocycles. The van der Waals surface area contributed by atoms with Gasteiger partial charge in [0.1, 0.15) is 0 Å². The third kappa shape index (κ3) is 3.66. The highest BCUT2D eigenvalue weighted by molar-refractivity contribution is 5.94. The maximum Gasteiger partial charge on any atom is 0.251 e. The largest absolute Gasteiger partial charge is 0.392 e. The molecule has 3 nitrogen and oxygen atoms in total. The topological polar surface area (TPSA) is 49.3 Å². The molecule has 2 aromatic rings. The fourth-order valence-electron chi connectivity index (χ4n) is 1.83. The van der Waals surface area contributed by atoms with E-state index in [1.807, 2.05) is 49.4 Å². The number of amides is 1. The molecular formula is C16H17NO2. The number of nitrogens with one attached hydrogen (secondary N) is 1. The molecule has 0 heterocycles. The Hall–Kier alpha value is -2.13. The number of rotatable bonds is 4. The molecule has 0 bridgehead atoms. The molecule has 0 unspecified atom stereocenters. The Balaban J connectivity index is 1.96. The van der Waals surface area contributed by atoms with Gasteiger partial charge in [0.25, 0.3) is 5.91 Å².